The Morgan fingerprint density at radius 3 is 2.89 bits per heavy atom. The first-order valence-electron chi connectivity index (χ1n) is 6.26. The number of thiophene rings is 1. The lowest BCUT2D eigenvalue weighted by molar-refractivity contribution is -0.133. The van der Waals surface area contributed by atoms with Crippen molar-refractivity contribution in [2.45, 2.75) is 25.4 Å². The van der Waals surface area contributed by atoms with Crippen LogP contribution in [0.15, 0.2) is 16.8 Å². The summed E-state index contributed by atoms with van der Waals surface area (Å²) in [5.41, 5.74) is 1.12. The van der Waals surface area contributed by atoms with Crippen LogP contribution >= 0.6 is 22.9 Å². The van der Waals surface area contributed by atoms with Gasteiger partial charge in [0.15, 0.2) is 0 Å². The molecule has 0 aliphatic carbocycles. The molecular weight excluding hydrogens is 270 g/mol. The summed E-state index contributed by atoms with van der Waals surface area (Å²) in [6, 6.07) is 2.01. The highest BCUT2D eigenvalue weighted by molar-refractivity contribution is 7.07. The van der Waals surface area contributed by atoms with Crippen molar-refractivity contribution in [1.82, 2.24) is 4.90 Å². The molecule has 0 N–H and O–H groups in total. The standard InChI is InChI=1S/C13H18ClNO2S/c14-4-7-17-12-1-5-15(6-2-12)13(16)9-11-3-8-18-10-11/h3,8,10,12H,1-2,4-7,9H2. The highest BCUT2D eigenvalue weighted by Gasteiger charge is 2.23. The molecule has 100 valence electrons. The lowest BCUT2D eigenvalue weighted by Crippen LogP contribution is -2.41. The number of amides is 1. The fourth-order valence-electron chi connectivity index (χ4n) is 2.16. The Morgan fingerprint density at radius 1 is 1.50 bits per heavy atom. The molecular formula is C13H18ClNO2S. The molecule has 0 bridgehead atoms. The van der Waals surface area contributed by atoms with E-state index in [4.69, 9.17) is 16.3 Å². The molecule has 0 radical (unpaired) electrons. The highest BCUT2D eigenvalue weighted by atomic mass is 35.5. The van der Waals surface area contributed by atoms with E-state index >= 15 is 0 Å². The van der Waals surface area contributed by atoms with Crippen LogP contribution in [-0.2, 0) is 16.0 Å². The lowest BCUT2D eigenvalue weighted by atomic mass is 10.1. The minimum atomic E-state index is 0.226. The third kappa shape index (κ3) is 3.97. The molecule has 1 aromatic heterocycles. The number of carbonyl (C=O) groups excluding carboxylic acids is 1. The quantitative estimate of drug-likeness (QED) is 0.779. The van der Waals surface area contributed by atoms with Gasteiger partial charge in [-0.25, -0.2) is 0 Å². The summed E-state index contributed by atoms with van der Waals surface area (Å²) in [4.78, 5) is 14.0. The molecule has 0 spiro atoms. The summed E-state index contributed by atoms with van der Waals surface area (Å²) in [7, 11) is 0. The fourth-order valence-corrected chi connectivity index (χ4v) is 2.92. The fraction of sp³-hybridized carbons (Fsp3) is 0.615. The van der Waals surface area contributed by atoms with E-state index in [9.17, 15) is 4.79 Å². The molecule has 18 heavy (non-hydrogen) atoms. The van der Waals surface area contributed by atoms with Gasteiger partial charge in [0.2, 0.25) is 5.91 Å². The predicted octanol–water partition coefficient (Wildman–Crippen LogP) is 2.54. The second kappa shape index (κ2) is 7.12. The molecule has 0 aromatic carbocycles. The molecule has 1 aliphatic rings. The zero-order chi connectivity index (χ0) is 12.8. The van der Waals surface area contributed by atoms with Crippen molar-refractivity contribution in [1.29, 1.82) is 0 Å². The van der Waals surface area contributed by atoms with Gasteiger partial charge in [0.25, 0.3) is 0 Å². The first kappa shape index (κ1) is 13.8. The molecule has 1 fully saturated rings. The van der Waals surface area contributed by atoms with Crippen molar-refractivity contribution in [2.24, 2.45) is 0 Å². The Kier molecular flexibility index (Phi) is 5.47. The first-order chi connectivity index (χ1) is 8.79. The molecule has 2 heterocycles. The predicted molar refractivity (Wildman–Crippen MR) is 74.3 cm³/mol. The van der Waals surface area contributed by atoms with Crippen LogP contribution in [0.3, 0.4) is 0 Å². The Hall–Kier alpha value is -0.580. The van der Waals surface area contributed by atoms with Crippen LogP contribution in [0.1, 0.15) is 18.4 Å². The number of piperidine rings is 1. The van der Waals surface area contributed by atoms with Crippen molar-refractivity contribution in [3.8, 4) is 0 Å². The number of halogens is 1. The van der Waals surface area contributed by atoms with Crippen molar-refractivity contribution in [3.05, 3.63) is 22.4 Å². The van der Waals surface area contributed by atoms with Crippen molar-refractivity contribution in [3.63, 3.8) is 0 Å². The molecule has 1 amide bonds. The summed E-state index contributed by atoms with van der Waals surface area (Å²) < 4.78 is 5.60. The van der Waals surface area contributed by atoms with Crippen LogP contribution in [0.4, 0.5) is 0 Å². The van der Waals surface area contributed by atoms with Gasteiger partial charge in [-0.3, -0.25) is 4.79 Å². The number of ether oxygens (including phenoxy) is 1. The van der Waals surface area contributed by atoms with Gasteiger partial charge in [0.1, 0.15) is 0 Å². The third-order valence-corrected chi connectivity index (χ3v) is 4.05. The van der Waals surface area contributed by atoms with E-state index in [0.29, 0.717) is 18.9 Å². The Labute approximate surface area is 117 Å². The van der Waals surface area contributed by atoms with Gasteiger partial charge in [0, 0.05) is 19.0 Å². The monoisotopic (exact) mass is 287 g/mol. The van der Waals surface area contributed by atoms with Crippen LogP contribution < -0.4 is 0 Å². The van der Waals surface area contributed by atoms with E-state index in [0.717, 1.165) is 31.5 Å². The van der Waals surface area contributed by atoms with Gasteiger partial charge >= 0.3 is 0 Å². The highest BCUT2D eigenvalue weighted by Crippen LogP contribution is 2.16. The molecule has 0 saturated carbocycles. The number of hydrogen-bond donors (Lipinski definition) is 0. The lowest BCUT2D eigenvalue weighted by Gasteiger charge is -2.31. The zero-order valence-electron chi connectivity index (χ0n) is 10.3. The summed E-state index contributed by atoms with van der Waals surface area (Å²) >= 11 is 7.23. The van der Waals surface area contributed by atoms with Crippen LogP contribution in [-0.4, -0.2) is 42.5 Å². The van der Waals surface area contributed by atoms with Gasteiger partial charge in [-0.2, -0.15) is 11.3 Å². The molecule has 0 atom stereocenters. The normalized spacial score (nSPS) is 17.1. The average Bonchev–Trinajstić information content (AvgIpc) is 2.89. The number of hydrogen-bond acceptors (Lipinski definition) is 3. The first-order valence-corrected chi connectivity index (χ1v) is 7.73. The number of nitrogens with zero attached hydrogens (tertiary/aromatic N) is 1. The van der Waals surface area contributed by atoms with Gasteiger partial charge < -0.3 is 9.64 Å². The Balaban J connectivity index is 1.73. The molecule has 1 saturated heterocycles. The number of carbonyl (C=O) groups is 1. The molecule has 2 rings (SSSR count). The number of rotatable bonds is 5. The Morgan fingerprint density at radius 2 is 2.28 bits per heavy atom. The van der Waals surface area contributed by atoms with Gasteiger partial charge in [-0.15, -0.1) is 11.6 Å². The van der Waals surface area contributed by atoms with Crippen LogP contribution in [0.25, 0.3) is 0 Å². The van der Waals surface area contributed by atoms with E-state index in [-0.39, 0.29) is 12.0 Å². The van der Waals surface area contributed by atoms with E-state index in [1.54, 1.807) is 11.3 Å². The topological polar surface area (TPSA) is 29.5 Å². The van der Waals surface area contributed by atoms with Gasteiger partial charge in [0.05, 0.1) is 19.1 Å². The van der Waals surface area contributed by atoms with E-state index in [1.165, 1.54) is 0 Å². The maximum absolute atomic E-state index is 12.1. The average molecular weight is 288 g/mol. The largest absolute Gasteiger partial charge is 0.377 e. The SMILES string of the molecule is O=C(Cc1ccsc1)N1CCC(OCCCl)CC1. The molecule has 1 aliphatic heterocycles. The smallest absolute Gasteiger partial charge is 0.227 e. The second-order valence-corrected chi connectivity index (χ2v) is 5.61. The van der Waals surface area contributed by atoms with Gasteiger partial charge in [-0.05, 0) is 35.2 Å². The minimum absolute atomic E-state index is 0.226. The number of alkyl halides is 1. The van der Waals surface area contributed by atoms with Crippen molar-refractivity contribution >= 4 is 28.8 Å². The second-order valence-electron chi connectivity index (χ2n) is 4.45. The van der Waals surface area contributed by atoms with E-state index in [2.05, 4.69) is 0 Å². The summed E-state index contributed by atoms with van der Waals surface area (Å²) in [6.07, 6.45) is 2.64. The van der Waals surface area contributed by atoms with Crippen molar-refractivity contribution < 1.29 is 9.53 Å². The maximum atomic E-state index is 12.1. The molecule has 0 unspecified atom stereocenters. The van der Waals surface area contributed by atoms with Gasteiger partial charge in [-0.1, -0.05) is 0 Å². The van der Waals surface area contributed by atoms with Crippen LogP contribution in [0.2, 0.25) is 0 Å². The molecule has 1 aromatic rings. The summed E-state index contributed by atoms with van der Waals surface area (Å²) in [5.74, 6) is 0.765. The third-order valence-electron chi connectivity index (χ3n) is 3.16. The van der Waals surface area contributed by atoms with E-state index in [1.807, 2.05) is 21.7 Å². The van der Waals surface area contributed by atoms with E-state index < -0.39 is 0 Å². The summed E-state index contributed by atoms with van der Waals surface area (Å²) in [6.45, 7) is 2.21. The number of likely N-dealkylation sites (tertiary alicyclic amines) is 1. The molecule has 5 heteroatoms. The van der Waals surface area contributed by atoms with Crippen LogP contribution in [0.5, 0.6) is 0 Å². The molecule has 3 nitrogen and oxygen atoms in total. The Bertz CT molecular complexity index is 361. The zero-order valence-corrected chi connectivity index (χ0v) is 11.9. The summed E-state index contributed by atoms with van der Waals surface area (Å²) in [5, 5.41) is 4.04. The minimum Gasteiger partial charge on any atom is -0.377 e. The van der Waals surface area contributed by atoms with Crippen molar-refractivity contribution in [2.75, 3.05) is 25.6 Å². The van der Waals surface area contributed by atoms with Crippen LogP contribution in [0, 0.1) is 0 Å². The maximum Gasteiger partial charge on any atom is 0.227 e.